The molecule has 0 radical (unpaired) electrons. The molecular formula is C21H21BrFNO3. The number of aliphatic hydroxyl groups is 1. The monoisotopic (exact) mass is 433 g/mol. The Balaban J connectivity index is 1.98. The molecule has 4 nitrogen and oxygen atoms in total. The minimum atomic E-state index is -0.418. The first-order valence-electron chi connectivity index (χ1n) is 8.68. The molecule has 0 saturated heterocycles. The molecule has 0 aliphatic heterocycles. The van der Waals surface area contributed by atoms with E-state index in [1.54, 1.807) is 12.1 Å². The number of halogens is 2. The quantitative estimate of drug-likeness (QED) is 0.588. The van der Waals surface area contributed by atoms with Crippen molar-refractivity contribution in [3.63, 3.8) is 0 Å². The third kappa shape index (κ3) is 4.64. The highest BCUT2D eigenvalue weighted by Crippen LogP contribution is 2.24. The van der Waals surface area contributed by atoms with E-state index in [9.17, 15) is 14.3 Å². The molecule has 1 heterocycles. The van der Waals surface area contributed by atoms with E-state index in [0.717, 1.165) is 26.5 Å². The Bertz CT molecular complexity index is 1030. The third-order valence-corrected chi connectivity index (χ3v) is 5.15. The number of hydrogen-bond donors (Lipinski definition) is 1. The van der Waals surface area contributed by atoms with Gasteiger partial charge in [0.2, 0.25) is 0 Å². The van der Waals surface area contributed by atoms with Crippen LogP contribution in [0.3, 0.4) is 0 Å². The van der Waals surface area contributed by atoms with Gasteiger partial charge in [-0.25, -0.2) is 9.18 Å². The predicted molar refractivity (Wildman–Crippen MR) is 107 cm³/mol. The predicted octanol–water partition coefficient (Wildman–Crippen LogP) is 4.31. The Morgan fingerprint density at radius 3 is 2.52 bits per heavy atom. The van der Waals surface area contributed by atoms with E-state index in [1.807, 2.05) is 30.9 Å². The topological polar surface area (TPSA) is 53.7 Å². The number of rotatable bonds is 6. The van der Waals surface area contributed by atoms with Crippen molar-refractivity contribution in [3.05, 3.63) is 79.4 Å². The number of hydrogen-bond acceptors (Lipinski definition) is 4. The second-order valence-electron chi connectivity index (χ2n) is 6.69. The number of nitrogens with zero attached hydrogens (tertiary/aromatic N) is 1. The average Bonchev–Trinajstić information content (AvgIpc) is 2.60. The van der Waals surface area contributed by atoms with Crippen LogP contribution in [-0.4, -0.2) is 23.2 Å². The van der Waals surface area contributed by atoms with Gasteiger partial charge in [0, 0.05) is 41.1 Å². The lowest BCUT2D eigenvalue weighted by Crippen LogP contribution is -2.27. The van der Waals surface area contributed by atoms with Gasteiger partial charge in [0.15, 0.2) is 0 Å². The summed E-state index contributed by atoms with van der Waals surface area (Å²) in [4.78, 5) is 13.9. The van der Waals surface area contributed by atoms with Crippen LogP contribution in [0.5, 0.6) is 0 Å². The molecule has 0 fully saturated rings. The van der Waals surface area contributed by atoms with Crippen molar-refractivity contribution in [2.75, 3.05) is 13.2 Å². The summed E-state index contributed by atoms with van der Waals surface area (Å²) < 4.78 is 20.3. The molecule has 1 N–H and O–H groups in total. The highest BCUT2D eigenvalue weighted by molar-refractivity contribution is 9.10. The summed E-state index contributed by atoms with van der Waals surface area (Å²) in [7, 11) is 0. The molecule has 142 valence electrons. The van der Waals surface area contributed by atoms with Crippen LogP contribution in [0.4, 0.5) is 4.39 Å². The number of aliphatic hydroxyl groups excluding tert-OH is 1. The van der Waals surface area contributed by atoms with E-state index in [1.165, 1.54) is 12.1 Å². The molecule has 2 aromatic carbocycles. The Labute approximate surface area is 165 Å². The van der Waals surface area contributed by atoms with Gasteiger partial charge in [-0.1, -0.05) is 15.9 Å². The van der Waals surface area contributed by atoms with Gasteiger partial charge in [0.1, 0.15) is 11.4 Å². The molecule has 0 aliphatic rings. The zero-order valence-electron chi connectivity index (χ0n) is 15.3. The molecule has 3 rings (SSSR count). The maximum absolute atomic E-state index is 14.1. The van der Waals surface area contributed by atoms with Crippen molar-refractivity contribution < 1.29 is 13.9 Å². The van der Waals surface area contributed by atoms with E-state index in [-0.39, 0.29) is 12.4 Å². The van der Waals surface area contributed by atoms with Crippen molar-refractivity contribution in [2.45, 2.75) is 26.9 Å². The maximum Gasteiger partial charge on any atom is 0.336 e. The highest BCUT2D eigenvalue weighted by atomic mass is 79.9. The van der Waals surface area contributed by atoms with E-state index < -0.39 is 5.63 Å². The zero-order chi connectivity index (χ0) is 19.6. The first-order chi connectivity index (χ1) is 12.9. The van der Waals surface area contributed by atoms with Gasteiger partial charge in [0.05, 0.1) is 6.61 Å². The molecule has 1 aromatic heterocycles. The van der Waals surface area contributed by atoms with Crippen molar-refractivity contribution >= 4 is 26.9 Å². The largest absolute Gasteiger partial charge is 0.423 e. The fourth-order valence-electron chi connectivity index (χ4n) is 3.12. The van der Waals surface area contributed by atoms with Gasteiger partial charge in [-0.05, 0) is 60.9 Å². The summed E-state index contributed by atoms with van der Waals surface area (Å²) in [5.41, 5.74) is 3.59. The molecular weight excluding hydrogens is 413 g/mol. The van der Waals surface area contributed by atoms with Crippen molar-refractivity contribution in [1.82, 2.24) is 4.90 Å². The fourth-order valence-corrected chi connectivity index (χ4v) is 3.52. The van der Waals surface area contributed by atoms with Crippen LogP contribution in [0.25, 0.3) is 11.0 Å². The second-order valence-corrected chi connectivity index (χ2v) is 7.61. The summed E-state index contributed by atoms with van der Waals surface area (Å²) >= 11 is 3.36. The van der Waals surface area contributed by atoms with Crippen molar-refractivity contribution in [3.8, 4) is 0 Å². The second kappa shape index (κ2) is 8.33. The summed E-state index contributed by atoms with van der Waals surface area (Å²) in [5.74, 6) is -0.301. The van der Waals surface area contributed by atoms with Gasteiger partial charge in [-0.15, -0.1) is 0 Å². The Morgan fingerprint density at radius 1 is 1.07 bits per heavy atom. The average molecular weight is 434 g/mol. The molecule has 0 atom stereocenters. The lowest BCUT2D eigenvalue weighted by atomic mass is 10.0. The molecule has 0 unspecified atom stereocenters. The lowest BCUT2D eigenvalue weighted by molar-refractivity contribution is 0.183. The fraction of sp³-hybridized carbons (Fsp3) is 0.286. The van der Waals surface area contributed by atoms with Gasteiger partial charge in [-0.3, -0.25) is 4.90 Å². The van der Waals surface area contributed by atoms with Crippen LogP contribution in [-0.2, 0) is 13.1 Å². The first-order valence-corrected chi connectivity index (χ1v) is 9.48. The highest BCUT2D eigenvalue weighted by Gasteiger charge is 2.14. The van der Waals surface area contributed by atoms with E-state index in [2.05, 4.69) is 15.9 Å². The summed E-state index contributed by atoms with van der Waals surface area (Å²) in [6, 6.07) is 10.1. The van der Waals surface area contributed by atoms with Crippen LogP contribution in [0.2, 0.25) is 0 Å². The summed E-state index contributed by atoms with van der Waals surface area (Å²) in [6.07, 6.45) is 0. The van der Waals surface area contributed by atoms with Crippen LogP contribution in [0.1, 0.15) is 22.3 Å². The van der Waals surface area contributed by atoms with Gasteiger partial charge >= 0.3 is 5.63 Å². The van der Waals surface area contributed by atoms with Crippen molar-refractivity contribution in [1.29, 1.82) is 0 Å². The Morgan fingerprint density at radius 2 is 1.78 bits per heavy atom. The first kappa shape index (κ1) is 19.7. The van der Waals surface area contributed by atoms with Crippen LogP contribution in [0, 0.1) is 19.7 Å². The number of fused-ring (bicyclic) bond motifs is 1. The Kier molecular flexibility index (Phi) is 6.09. The Hall–Kier alpha value is -2.02. The lowest BCUT2D eigenvalue weighted by Gasteiger charge is -2.22. The van der Waals surface area contributed by atoms with Gasteiger partial charge < -0.3 is 9.52 Å². The molecule has 27 heavy (non-hydrogen) atoms. The van der Waals surface area contributed by atoms with Gasteiger partial charge in [-0.2, -0.15) is 0 Å². The third-order valence-electron chi connectivity index (χ3n) is 4.66. The van der Waals surface area contributed by atoms with Crippen LogP contribution >= 0.6 is 15.9 Å². The smallest absolute Gasteiger partial charge is 0.336 e. The van der Waals surface area contributed by atoms with E-state index in [4.69, 9.17) is 4.42 Å². The zero-order valence-corrected chi connectivity index (χ0v) is 16.8. The molecule has 3 aromatic rings. The SMILES string of the molecule is Cc1cc2oc(=O)cc(CN(CCO)Cc3cc(Br)ccc3F)c2cc1C. The number of aryl methyl sites for hydroxylation is 2. The minimum Gasteiger partial charge on any atom is -0.423 e. The molecule has 0 bridgehead atoms. The summed E-state index contributed by atoms with van der Waals surface area (Å²) in [5, 5.41) is 10.3. The standard InChI is InChI=1S/C21H21BrFNO3/c1-13-7-18-15(10-21(26)27-20(18)8-14(13)2)11-24(5-6-25)12-16-9-17(22)3-4-19(16)23/h3-4,7-10,25H,5-6,11-12H2,1-2H3. The van der Waals surface area contributed by atoms with Gasteiger partial charge in [0.25, 0.3) is 0 Å². The number of benzene rings is 2. The minimum absolute atomic E-state index is 0.0624. The van der Waals surface area contributed by atoms with E-state index in [0.29, 0.717) is 30.8 Å². The molecule has 0 aliphatic carbocycles. The molecule has 6 heteroatoms. The maximum atomic E-state index is 14.1. The normalized spacial score (nSPS) is 11.5. The van der Waals surface area contributed by atoms with Crippen LogP contribution < -0.4 is 5.63 Å². The van der Waals surface area contributed by atoms with Crippen molar-refractivity contribution in [2.24, 2.45) is 0 Å². The van der Waals surface area contributed by atoms with Crippen LogP contribution in [0.15, 0.2) is 50.1 Å². The van der Waals surface area contributed by atoms with E-state index >= 15 is 0 Å². The summed E-state index contributed by atoms with van der Waals surface area (Å²) in [6.45, 7) is 4.99. The molecule has 0 saturated carbocycles. The molecule has 0 spiro atoms. The molecule has 0 amide bonds.